The normalized spacial score (nSPS) is 18.6. The third-order valence-electron chi connectivity index (χ3n) is 3.20. The van der Waals surface area contributed by atoms with E-state index in [0.717, 1.165) is 32.1 Å². The summed E-state index contributed by atoms with van der Waals surface area (Å²) in [7, 11) is 0. The first-order valence-electron chi connectivity index (χ1n) is 5.67. The van der Waals surface area contributed by atoms with E-state index in [1.807, 2.05) is 0 Å². The van der Waals surface area contributed by atoms with Gasteiger partial charge in [-0.25, -0.2) is 0 Å². The van der Waals surface area contributed by atoms with Gasteiger partial charge in [0.05, 0.1) is 10.5 Å². The van der Waals surface area contributed by atoms with E-state index in [9.17, 15) is 4.79 Å². The van der Waals surface area contributed by atoms with Crippen molar-refractivity contribution in [3.05, 3.63) is 18.0 Å². The predicted octanol–water partition coefficient (Wildman–Crippen LogP) is 1.39. The highest BCUT2D eigenvalue weighted by Gasteiger charge is 2.37. The molecule has 0 radical (unpaired) electrons. The fourth-order valence-corrected chi connectivity index (χ4v) is 2.45. The number of carbonyl (C=O) groups is 1. The average molecular weight is 253 g/mol. The number of amides is 1. The lowest BCUT2D eigenvalue weighted by Crippen LogP contribution is -2.57. The van der Waals surface area contributed by atoms with Crippen LogP contribution < -0.4 is 11.1 Å². The fraction of sp³-hybridized carbons (Fsp3) is 0.545. The molecule has 17 heavy (non-hydrogen) atoms. The third kappa shape index (κ3) is 2.46. The lowest BCUT2D eigenvalue weighted by molar-refractivity contribution is 0.0899. The van der Waals surface area contributed by atoms with Crippen LogP contribution in [0.2, 0.25) is 0 Å². The SMILES string of the molecule is NC(=S)C1(NC(=O)c2ccon2)CCCCC1. The zero-order valence-corrected chi connectivity index (χ0v) is 10.3. The summed E-state index contributed by atoms with van der Waals surface area (Å²) in [4.78, 5) is 12.3. The molecule has 92 valence electrons. The van der Waals surface area contributed by atoms with Gasteiger partial charge in [0.1, 0.15) is 6.26 Å². The number of hydrogen-bond donors (Lipinski definition) is 2. The summed E-state index contributed by atoms with van der Waals surface area (Å²) in [6.45, 7) is 0. The number of hydrogen-bond acceptors (Lipinski definition) is 4. The number of nitrogens with zero attached hydrogens (tertiary/aromatic N) is 1. The predicted molar refractivity (Wildman–Crippen MR) is 66.6 cm³/mol. The van der Waals surface area contributed by atoms with Crippen LogP contribution in [-0.2, 0) is 0 Å². The highest BCUT2D eigenvalue weighted by atomic mass is 32.1. The Morgan fingerprint density at radius 2 is 2.18 bits per heavy atom. The van der Waals surface area contributed by atoms with Crippen molar-refractivity contribution in [2.75, 3.05) is 0 Å². The third-order valence-corrected chi connectivity index (χ3v) is 3.59. The van der Waals surface area contributed by atoms with E-state index in [-0.39, 0.29) is 11.6 Å². The molecule has 1 aliphatic carbocycles. The van der Waals surface area contributed by atoms with E-state index in [4.69, 9.17) is 18.0 Å². The molecule has 0 spiro atoms. The van der Waals surface area contributed by atoms with Crippen LogP contribution in [0.5, 0.6) is 0 Å². The molecular formula is C11H15N3O2S. The average Bonchev–Trinajstić information content (AvgIpc) is 2.83. The van der Waals surface area contributed by atoms with E-state index in [1.54, 1.807) is 0 Å². The van der Waals surface area contributed by atoms with Gasteiger partial charge in [-0.15, -0.1) is 0 Å². The first-order valence-corrected chi connectivity index (χ1v) is 6.08. The Morgan fingerprint density at radius 1 is 1.47 bits per heavy atom. The Balaban J connectivity index is 2.13. The van der Waals surface area contributed by atoms with Gasteiger partial charge in [-0.2, -0.15) is 0 Å². The van der Waals surface area contributed by atoms with Gasteiger partial charge in [0.15, 0.2) is 5.69 Å². The van der Waals surface area contributed by atoms with E-state index in [0.29, 0.717) is 4.99 Å². The molecular weight excluding hydrogens is 238 g/mol. The molecule has 1 aromatic rings. The Hall–Kier alpha value is -1.43. The van der Waals surface area contributed by atoms with Gasteiger partial charge >= 0.3 is 0 Å². The number of thiocarbonyl (C=S) groups is 1. The second-order valence-electron chi connectivity index (χ2n) is 4.35. The van der Waals surface area contributed by atoms with Gasteiger partial charge in [0, 0.05) is 6.07 Å². The van der Waals surface area contributed by atoms with Crippen molar-refractivity contribution in [3.8, 4) is 0 Å². The van der Waals surface area contributed by atoms with Crippen molar-refractivity contribution in [2.45, 2.75) is 37.6 Å². The second kappa shape index (κ2) is 4.83. The van der Waals surface area contributed by atoms with Gasteiger partial charge in [-0.05, 0) is 12.8 Å². The number of carbonyl (C=O) groups excluding carboxylic acids is 1. The molecule has 2 rings (SSSR count). The van der Waals surface area contributed by atoms with Crippen LogP contribution in [0.3, 0.4) is 0 Å². The molecule has 3 N–H and O–H groups in total. The summed E-state index contributed by atoms with van der Waals surface area (Å²) in [5.41, 5.74) is 5.48. The largest absolute Gasteiger partial charge is 0.391 e. The topological polar surface area (TPSA) is 81.1 Å². The second-order valence-corrected chi connectivity index (χ2v) is 4.79. The van der Waals surface area contributed by atoms with Crippen molar-refractivity contribution in [2.24, 2.45) is 5.73 Å². The molecule has 1 fully saturated rings. The van der Waals surface area contributed by atoms with E-state index >= 15 is 0 Å². The van der Waals surface area contributed by atoms with Crippen LogP contribution in [0, 0.1) is 0 Å². The molecule has 0 aromatic carbocycles. The monoisotopic (exact) mass is 253 g/mol. The number of nitrogens with two attached hydrogens (primary N) is 1. The molecule has 1 heterocycles. The summed E-state index contributed by atoms with van der Waals surface area (Å²) in [5.74, 6) is -0.284. The smallest absolute Gasteiger partial charge is 0.274 e. The molecule has 0 saturated heterocycles. The van der Waals surface area contributed by atoms with Gasteiger partial charge in [0.2, 0.25) is 0 Å². The molecule has 0 atom stereocenters. The Kier molecular flexibility index (Phi) is 3.42. The van der Waals surface area contributed by atoms with Crippen LogP contribution in [0.1, 0.15) is 42.6 Å². The maximum absolute atomic E-state index is 11.9. The molecule has 1 aliphatic rings. The van der Waals surface area contributed by atoms with Crippen LogP contribution >= 0.6 is 12.2 Å². The first-order chi connectivity index (χ1) is 8.14. The minimum absolute atomic E-state index is 0.256. The molecule has 1 amide bonds. The first kappa shape index (κ1) is 12.0. The maximum atomic E-state index is 11.9. The quantitative estimate of drug-likeness (QED) is 0.796. The zero-order valence-electron chi connectivity index (χ0n) is 9.44. The standard InChI is InChI=1S/C11H15N3O2S/c12-10(17)11(5-2-1-3-6-11)13-9(15)8-4-7-16-14-8/h4,7H,1-3,5-6H2,(H2,12,17)(H,13,15). The van der Waals surface area contributed by atoms with Crippen molar-refractivity contribution >= 4 is 23.1 Å². The van der Waals surface area contributed by atoms with Crippen LogP contribution in [0.25, 0.3) is 0 Å². The Bertz CT molecular complexity index is 410. The molecule has 1 aromatic heterocycles. The van der Waals surface area contributed by atoms with Crippen LogP contribution in [0.4, 0.5) is 0 Å². The van der Waals surface area contributed by atoms with E-state index in [1.165, 1.54) is 12.3 Å². The van der Waals surface area contributed by atoms with Gasteiger partial charge in [-0.1, -0.05) is 36.6 Å². The Labute approximate surface area is 105 Å². The number of aromatic nitrogens is 1. The van der Waals surface area contributed by atoms with Crippen LogP contribution in [-0.4, -0.2) is 21.6 Å². The van der Waals surface area contributed by atoms with Crippen molar-refractivity contribution in [1.82, 2.24) is 10.5 Å². The van der Waals surface area contributed by atoms with Gasteiger partial charge in [0.25, 0.3) is 5.91 Å². The highest BCUT2D eigenvalue weighted by molar-refractivity contribution is 7.80. The van der Waals surface area contributed by atoms with Gasteiger partial charge in [-0.3, -0.25) is 4.79 Å². The fourth-order valence-electron chi connectivity index (χ4n) is 2.20. The van der Waals surface area contributed by atoms with Crippen molar-refractivity contribution in [3.63, 3.8) is 0 Å². The maximum Gasteiger partial charge on any atom is 0.274 e. The summed E-state index contributed by atoms with van der Waals surface area (Å²) < 4.78 is 4.64. The number of rotatable bonds is 3. The lowest BCUT2D eigenvalue weighted by Gasteiger charge is -2.36. The minimum Gasteiger partial charge on any atom is -0.391 e. The summed E-state index contributed by atoms with van der Waals surface area (Å²) in [6, 6.07) is 1.52. The minimum atomic E-state index is -0.552. The lowest BCUT2D eigenvalue weighted by atomic mass is 9.81. The molecule has 0 aliphatic heterocycles. The summed E-state index contributed by atoms with van der Waals surface area (Å²) in [6.07, 6.45) is 6.16. The van der Waals surface area contributed by atoms with Crippen molar-refractivity contribution in [1.29, 1.82) is 0 Å². The van der Waals surface area contributed by atoms with E-state index in [2.05, 4.69) is 15.0 Å². The molecule has 1 saturated carbocycles. The Morgan fingerprint density at radius 3 is 2.71 bits per heavy atom. The molecule has 5 nitrogen and oxygen atoms in total. The highest BCUT2D eigenvalue weighted by Crippen LogP contribution is 2.28. The number of nitrogens with one attached hydrogen (secondary N) is 1. The summed E-state index contributed by atoms with van der Waals surface area (Å²) >= 11 is 5.09. The van der Waals surface area contributed by atoms with Crippen molar-refractivity contribution < 1.29 is 9.32 Å². The molecule has 0 bridgehead atoms. The van der Waals surface area contributed by atoms with Crippen LogP contribution in [0.15, 0.2) is 16.9 Å². The zero-order chi connectivity index (χ0) is 12.3. The summed E-state index contributed by atoms with van der Waals surface area (Å²) in [5, 5.41) is 6.51. The molecule has 0 unspecified atom stereocenters. The van der Waals surface area contributed by atoms with E-state index < -0.39 is 5.54 Å². The molecule has 6 heteroatoms. The van der Waals surface area contributed by atoms with Gasteiger partial charge < -0.3 is 15.6 Å².